The molecule has 0 unspecified atom stereocenters. The van der Waals surface area contributed by atoms with Gasteiger partial charge >= 0.3 is 6.03 Å². The maximum absolute atomic E-state index is 9.96. The van der Waals surface area contributed by atoms with Crippen LogP contribution in [-0.4, -0.2) is 29.7 Å². The van der Waals surface area contributed by atoms with Gasteiger partial charge in [0.25, 0.3) is 0 Å². The molecule has 5 heteroatoms. The van der Waals surface area contributed by atoms with E-state index < -0.39 is 0 Å². The molecule has 0 bridgehead atoms. The zero-order valence-corrected chi connectivity index (χ0v) is 10.6. The van der Waals surface area contributed by atoms with E-state index in [4.69, 9.17) is 0 Å². The lowest BCUT2D eigenvalue weighted by molar-refractivity contribution is 0.245. The minimum absolute atomic E-state index is 0.157. The minimum atomic E-state index is -0.157. The molecule has 0 aliphatic rings. The molecule has 0 saturated carbocycles. The van der Waals surface area contributed by atoms with E-state index in [0.717, 1.165) is 11.3 Å². The number of amides is 2. The summed E-state index contributed by atoms with van der Waals surface area (Å²) in [6, 6.07) is 7.99. The molecule has 0 saturated heterocycles. The number of nitrogens with zero attached hydrogens (tertiary/aromatic N) is 2. The van der Waals surface area contributed by atoms with Crippen LogP contribution in [0.3, 0.4) is 0 Å². The number of imidazole rings is 1. The lowest BCUT2D eigenvalue weighted by Gasteiger charge is -1.93. The van der Waals surface area contributed by atoms with Crippen molar-refractivity contribution in [2.75, 3.05) is 14.1 Å². The van der Waals surface area contributed by atoms with Gasteiger partial charge in [0.05, 0.1) is 11.0 Å². The molecule has 2 amide bonds. The van der Waals surface area contributed by atoms with E-state index in [2.05, 4.69) is 26.3 Å². The van der Waals surface area contributed by atoms with E-state index in [1.165, 1.54) is 5.52 Å². The van der Waals surface area contributed by atoms with Crippen LogP contribution in [0.2, 0.25) is 0 Å². The summed E-state index contributed by atoms with van der Waals surface area (Å²) in [5, 5.41) is 4.73. The summed E-state index contributed by atoms with van der Waals surface area (Å²) in [4.78, 5) is 14.3. The van der Waals surface area contributed by atoms with E-state index in [0.29, 0.717) is 0 Å². The first-order valence-electron chi connectivity index (χ1n) is 5.37. The monoisotopic (exact) mass is 234 g/mol. The van der Waals surface area contributed by atoms with Crippen molar-refractivity contribution < 1.29 is 4.79 Å². The van der Waals surface area contributed by atoms with E-state index >= 15 is 0 Å². The van der Waals surface area contributed by atoms with Crippen LogP contribution in [0.4, 0.5) is 4.79 Å². The number of para-hydroxylation sites is 2. The van der Waals surface area contributed by atoms with Gasteiger partial charge in [-0.25, -0.2) is 9.78 Å². The number of urea groups is 1. The molecular formula is C12H18N4O. The Morgan fingerprint density at radius 1 is 1.24 bits per heavy atom. The summed E-state index contributed by atoms with van der Waals surface area (Å²) in [6.45, 7) is 2.01. The summed E-state index contributed by atoms with van der Waals surface area (Å²) in [5.74, 6) is 1.06. The van der Waals surface area contributed by atoms with Gasteiger partial charge in [0.2, 0.25) is 0 Å². The number of nitrogens with one attached hydrogen (secondary N) is 2. The van der Waals surface area contributed by atoms with Crippen LogP contribution in [0.5, 0.6) is 0 Å². The molecule has 2 aromatic rings. The molecule has 1 aromatic carbocycles. The van der Waals surface area contributed by atoms with E-state index in [1.54, 1.807) is 14.1 Å². The highest BCUT2D eigenvalue weighted by molar-refractivity contribution is 5.75. The summed E-state index contributed by atoms with van der Waals surface area (Å²) in [7, 11) is 5.17. The third-order valence-electron chi connectivity index (χ3n) is 2.46. The molecule has 5 nitrogen and oxygen atoms in total. The number of fused-ring (bicyclic) bond motifs is 1. The van der Waals surface area contributed by atoms with Gasteiger partial charge < -0.3 is 15.2 Å². The minimum Gasteiger partial charge on any atom is -0.341 e. The van der Waals surface area contributed by atoms with Gasteiger partial charge in [0, 0.05) is 21.1 Å². The predicted molar refractivity (Wildman–Crippen MR) is 69.0 cm³/mol. The number of aryl methyl sites for hydroxylation is 2. The first kappa shape index (κ1) is 13.0. The first-order chi connectivity index (χ1) is 8.10. The highest BCUT2D eigenvalue weighted by Crippen LogP contribution is 2.12. The Morgan fingerprint density at radius 2 is 1.82 bits per heavy atom. The number of aromatic nitrogens is 2. The SMILES string of the molecule is CNC(=O)NC.Cc1nc2ccccc2n1C. The molecule has 0 radical (unpaired) electrons. The molecule has 0 aliphatic heterocycles. The smallest absolute Gasteiger partial charge is 0.314 e. The van der Waals surface area contributed by atoms with E-state index in [-0.39, 0.29) is 6.03 Å². The van der Waals surface area contributed by atoms with Gasteiger partial charge in [-0.2, -0.15) is 0 Å². The largest absolute Gasteiger partial charge is 0.341 e. The van der Waals surface area contributed by atoms with Crippen molar-refractivity contribution in [2.45, 2.75) is 6.92 Å². The number of rotatable bonds is 0. The molecule has 0 fully saturated rings. The molecular weight excluding hydrogens is 216 g/mol. The quantitative estimate of drug-likeness (QED) is 0.724. The lowest BCUT2D eigenvalue weighted by Crippen LogP contribution is -2.28. The summed E-state index contributed by atoms with van der Waals surface area (Å²) < 4.78 is 2.09. The van der Waals surface area contributed by atoms with E-state index in [1.807, 2.05) is 32.2 Å². The number of hydrogen-bond donors (Lipinski definition) is 2. The fourth-order valence-corrected chi connectivity index (χ4v) is 1.39. The molecule has 2 N–H and O–H groups in total. The summed E-state index contributed by atoms with van der Waals surface area (Å²) in [5.41, 5.74) is 2.28. The van der Waals surface area contributed by atoms with Crippen LogP contribution in [0, 0.1) is 6.92 Å². The Hall–Kier alpha value is -2.04. The number of benzene rings is 1. The second-order valence-corrected chi connectivity index (χ2v) is 3.54. The predicted octanol–water partition coefficient (Wildman–Crippen LogP) is 1.43. The number of carbonyl (C=O) groups excluding carboxylic acids is 1. The lowest BCUT2D eigenvalue weighted by atomic mass is 10.3. The zero-order valence-electron chi connectivity index (χ0n) is 10.6. The van der Waals surface area contributed by atoms with Crippen molar-refractivity contribution in [1.29, 1.82) is 0 Å². The Balaban J connectivity index is 0.000000209. The topological polar surface area (TPSA) is 59.0 Å². The molecule has 0 spiro atoms. The average Bonchev–Trinajstić information content (AvgIpc) is 2.65. The molecule has 1 heterocycles. The molecule has 2 rings (SSSR count). The molecule has 0 aliphatic carbocycles. The van der Waals surface area contributed by atoms with Gasteiger partial charge in [-0.05, 0) is 19.1 Å². The summed E-state index contributed by atoms with van der Waals surface area (Å²) >= 11 is 0. The molecule has 1 aromatic heterocycles. The fourth-order valence-electron chi connectivity index (χ4n) is 1.39. The van der Waals surface area contributed by atoms with Gasteiger partial charge in [-0.3, -0.25) is 0 Å². The third-order valence-corrected chi connectivity index (χ3v) is 2.46. The molecule has 92 valence electrons. The van der Waals surface area contributed by atoms with Crippen molar-refractivity contribution in [3.63, 3.8) is 0 Å². The van der Waals surface area contributed by atoms with Crippen LogP contribution in [0.25, 0.3) is 11.0 Å². The first-order valence-corrected chi connectivity index (χ1v) is 5.37. The Kier molecular flexibility index (Phi) is 4.51. The molecule has 17 heavy (non-hydrogen) atoms. The molecule has 0 atom stereocenters. The highest BCUT2D eigenvalue weighted by Gasteiger charge is 2.00. The van der Waals surface area contributed by atoms with Gasteiger partial charge in [0.15, 0.2) is 0 Å². The van der Waals surface area contributed by atoms with Crippen LogP contribution >= 0.6 is 0 Å². The van der Waals surface area contributed by atoms with Gasteiger partial charge in [0.1, 0.15) is 5.82 Å². The third kappa shape index (κ3) is 3.21. The Bertz CT molecular complexity index is 498. The van der Waals surface area contributed by atoms with Crippen molar-refractivity contribution in [3.05, 3.63) is 30.1 Å². The second-order valence-electron chi connectivity index (χ2n) is 3.54. The fraction of sp³-hybridized carbons (Fsp3) is 0.333. The Labute approximate surface area is 101 Å². The second kappa shape index (κ2) is 5.89. The van der Waals surface area contributed by atoms with Crippen molar-refractivity contribution in [3.8, 4) is 0 Å². The normalized spacial score (nSPS) is 9.41. The van der Waals surface area contributed by atoms with Crippen LogP contribution < -0.4 is 10.6 Å². The van der Waals surface area contributed by atoms with Gasteiger partial charge in [-0.1, -0.05) is 12.1 Å². The average molecular weight is 234 g/mol. The van der Waals surface area contributed by atoms with Crippen molar-refractivity contribution in [1.82, 2.24) is 20.2 Å². The van der Waals surface area contributed by atoms with Gasteiger partial charge in [-0.15, -0.1) is 0 Å². The maximum Gasteiger partial charge on any atom is 0.314 e. The van der Waals surface area contributed by atoms with Crippen molar-refractivity contribution in [2.24, 2.45) is 7.05 Å². The number of hydrogen-bond acceptors (Lipinski definition) is 2. The standard InChI is InChI=1S/C9H10N2.C3H8N2O/c1-7-10-8-5-3-4-6-9(8)11(7)2;1-4-3(6)5-2/h3-6H,1-2H3;1-2H3,(H2,4,5,6). The van der Waals surface area contributed by atoms with Crippen LogP contribution in [0.1, 0.15) is 5.82 Å². The summed E-state index contributed by atoms with van der Waals surface area (Å²) in [6.07, 6.45) is 0. The van der Waals surface area contributed by atoms with E-state index in [9.17, 15) is 4.79 Å². The maximum atomic E-state index is 9.96. The highest BCUT2D eigenvalue weighted by atomic mass is 16.2. The van der Waals surface area contributed by atoms with Crippen LogP contribution in [-0.2, 0) is 7.05 Å². The van der Waals surface area contributed by atoms with Crippen LogP contribution in [0.15, 0.2) is 24.3 Å². The zero-order chi connectivity index (χ0) is 12.8. The number of carbonyl (C=O) groups is 1. The Morgan fingerprint density at radius 3 is 2.29 bits per heavy atom. The van der Waals surface area contributed by atoms with Crippen molar-refractivity contribution >= 4 is 17.1 Å².